The number of nitrogens with one attached hydrogen (secondary N) is 1. The highest BCUT2D eigenvalue weighted by molar-refractivity contribution is 6.00. The lowest BCUT2D eigenvalue weighted by molar-refractivity contribution is -0.145. The number of rotatable bonds is 6. The Hall–Kier alpha value is -2.82. The summed E-state index contributed by atoms with van der Waals surface area (Å²) in [6, 6.07) is 15.4. The maximum Gasteiger partial charge on any atom is 0.328 e. The third-order valence-electron chi connectivity index (χ3n) is 3.36. The molecule has 0 spiro atoms. The van der Waals surface area contributed by atoms with Gasteiger partial charge in [-0.3, -0.25) is 4.79 Å². The molecule has 0 fully saturated rings. The number of esters is 1. The Labute approximate surface area is 135 Å². The second-order valence-corrected chi connectivity index (χ2v) is 5.06. The van der Waals surface area contributed by atoms with Gasteiger partial charge in [-0.2, -0.15) is 0 Å². The third-order valence-corrected chi connectivity index (χ3v) is 3.36. The number of carbonyl (C=O) groups excluding carboxylic acids is 2. The summed E-state index contributed by atoms with van der Waals surface area (Å²) in [5.41, 5.74) is 7.45. The average Bonchev–Trinajstić information content (AvgIpc) is 2.55. The summed E-state index contributed by atoms with van der Waals surface area (Å²) in [5.74, 6) is -0.851. The van der Waals surface area contributed by atoms with Gasteiger partial charge < -0.3 is 15.8 Å². The molecular formula is C18H20N2O3. The molecule has 23 heavy (non-hydrogen) atoms. The molecule has 0 aliphatic rings. The number of benzene rings is 2. The van der Waals surface area contributed by atoms with Crippen molar-refractivity contribution < 1.29 is 14.3 Å². The van der Waals surface area contributed by atoms with Crippen molar-refractivity contribution in [1.29, 1.82) is 0 Å². The summed E-state index contributed by atoms with van der Waals surface area (Å²) in [6.45, 7) is 1.99. The first-order chi connectivity index (χ1) is 11.1. The number of anilines is 1. The second-order valence-electron chi connectivity index (χ2n) is 5.06. The highest BCUT2D eigenvalue weighted by atomic mass is 16.5. The minimum atomic E-state index is -0.760. The van der Waals surface area contributed by atoms with Gasteiger partial charge in [0, 0.05) is 12.1 Å². The van der Waals surface area contributed by atoms with E-state index in [0.717, 1.165) is 5.56 Å². The highest BCUT2D eigenvalue weighted by Crippen LogP contribution is 2.12. The lowest BCUT2D eigenvalue weighted by Crippen LogP contribution is -2.43. The van der Waals surface area contributed by atoms with E-state index in [4.69, 9.17) is 10.5 Å². The molecular weight excluding hydrogens is 292 g/mol. The molecule has 1 unspecified atom stereocenters. The van der Waals surface area contributed by atoms with Crippen molar-refractivity contribution in [3.63, 3.8) is 0 Å². The van der Waals surface area contributed by atoms with Gasteiger partial charge >= 0.3 is 5.97 Å². The fraction of sp³-hybridized carbons (Fsp3) is 0.222. The standard InChI is InChI=1S/C18H20N2O3/c1-2-23-18(22)16(12-13-8-4-3-5-9-13)20-17(21)14-10-6-7-11-15(14)19/h3-11,16H,2,12,19H2,1H3,(H,20,21). The maximum atomic E-state index is 12.4. The molecule has 5 heteroatoms. The van der Waals surface area contributed by atoms with Crippen LogP contribution in [0.5, 0.6) is 0 Å². The molecule has 0 saturated carbocycles. The first-order valence-electron chi connectivity index (χ1n) is 7.47. The first kappa shape index (κ1) is 16.5. The Bertz CT molecular complexity index is 671. The van der Waals surface area contributed by atoms with Crippen molar-refractivity contribution in [2.45, 2.75) is 19.4 Å². The lowest BCUT2D eigenvalue weighted by atomic mass is 10.1. The summed E-state index contributed by atoms with van der Waals surface area (Å²) in [4.78, 5) is 24.5. The zero-order chi connectivity index (χ0) is 16.7. The molecule has 2 aromatic carbocycles. The normalized spacial score (nSPS) is 11.5. The SMILES string of the molecule is CCOC(=O)C(Cc1ccccc1)NC(=O)c1ccccc1N. The molecule has 0 radical (unpaired) electrons. The van der Waals surface area contributed by atoms with E-state index >= 15 is 0 Å². The van der Waals surface area contributed by atoms with Gasteiger partial charge in [0.15, 0.2) is 0 Å². The monoisotopic (exact) mass is 312 g/mol. The number of carbonyl (C=O) groups is 2. The first-order valence-corrected chi connectivity index (χ1v) is 7.47. The highest BCUT2D eigenvalue weighted by Gasteiger charge is 2.23. The maximum absolute atomic E-state index is 12.4. The van der Waals surface area contributed by atoms with Crippen LogP contribution in [0.2, 0.25) is 0 Å². The van der Waals surface area contributed by atoms with Gasteiger partial charge in [0.1, 0.15) is 6.04 Å². The minimum absolute atomic E-state index is 0.257. The molecule has 0 bridgehead atoms. The molecule has 0 aliphatic heterocycles. The molecule has 120 valence electrons. The second kappa shape index (κ2) is 7.98. The molecule has 0 saturated heterocycles. The van der Waals surface area contributed by atoms with E-state index in [2.05, 4.69) is 5.32 Å². The summed E-state index contributed by atoms with van der Waals surface area (Å²) >= 11 is 0. The fourth-order valence-corrected chi connectivity index (χ4v) is 2.23. The molecule has 5 nitrogen and oxygen atoms in total. The zero-order valence-corrected chi connectivity index (χ0v) is 13.0. The molecule has 0 aliphatic carbocycles. The van der Waals surface area contributed by atoms with Crippen LogP contribution >= 0.6 is 0 Å². The number of para-hydroxylation sites is 1. The van der Waals surface area contributed by atoms with Crippen LogP contribution in [0.25, 0.3) is 0 Å². The number of ether oxygens (including phenoxy) is 1. The van der Waals surface area contributed by atoms with Crippen LogP contribution in [-0.4, -0.2) is 24.5 Å². The Kier molecular flexibility index (Phi) is 5.74. The molecule has 3 N–H and O–H groups in total. The summed E-state index contributed by atoms with van der Waals surface area (Å²) in [6.07, 6.45) is 0.359. The van der Waals surface area contributed by atoms with E-state index in [1.807, 2.05) is 30.3 Å². The Morgan fingerprint density at radius 2 is 1.74 bits per heavy atom. The van der Waals surface area contributed by atoms with E-state index in [9.17, 15) is 9.59 Å². The van der Waals surface area contributed by atoms with Crippen LogP contribution in [0.1, 0.15) is 22.8 Å². The number of hydrogen-bond donors (Lipinski definition) is 2. The molecule has 1 atom stereocenters. The predicted molar refractivity (Wildman–Crippen MR) is 88.9 cm³/mol. The Morgan fingerprint density at radius 1 is 1.09 bits per heavy atom. The zero-order valence-electron chi connectivity index (χ0n) is 13.0. The number of amides is 1. The smallest absolute Gasteiger partial charge is 0.328 e. The largest absolute Gasteiger partial charge is 0.464 e. The summed E-state index contributed by atoms with van der Waals surface area (Å²) < 4.78 is 5.06. The van der Waals surface area contributed by atoms with Gasteiger partial charge in [-0.05, 0) is 24.6 Å². The molecule has 1 amide bonds. The summed E-state index contributed by atoms with van der Waals surface area (Å²) in [5, 5.41) is 2.71. The van der Waals surface area contributed by atoms with E-state index < -0.39 is 17.9 Å². The van der Waals surface area contributed by atoms with E-state index in [0.29, 0.717) is 17.7 Å². The van der Waals surface area contributed by atoms with Crippen molar-refractivity contribution in [2.75, 3.05) is 12.3 Å². The number of nitrogen functional groups attached to an aromatic ring is 1. The molecule has 2 rings (SSSR count). The summed E-state index contributed by atoms with van der Waals surface area (Å²) in [7, 11) is 0. The van der Waals surface area contributed by atoms with Gasteiger partial charge in [0.25, 0.3) is 5.91 Å². The van der Waals surface area contributed by atoms with Crippen molar-refractivity contribution in [1.82, 2.24) is 5.32 Å². The Morgan fingerprint density at radius 3 is 2.39 bits per heavy atom. The van der Waals surface area contributed by atoms with E-state index in [1.54, 1.807) is 31.2 Å². The van der Waals surface area contributed by atoms with Crippen LogP contribution in [0, 0.1) is 0 Å². The van der Waals surface area contributed by atoms with Gasteiger partial charge in [0.2, 0.25) is 0 Å². The topological polar surface area (TPSA) is 81.4 Å². The van der Waals surface area contributed by atoms with Crippen LogP contribution in [0.4, 0.5) is 5.69 Å². The van der Waals surface area contributed by atoms with Gasteiger partial charge in [0.05, 0.1) is 12.2 Å². The Balaban J connectivity index is 2.15. The fourth-order valence-electron chi connectivity index (χ4n) is 2.23. The van der Waals surface area contributed by atoms with Crippen molar-refractivity contribution in [2.24, 2.45) is 0 Å². The van der Waals surface area contributed by atoms with Crippen LogP contribution in [0.15, 0.2) is 54.6 Å². The van der Waals surface area contributed by atoms with E-state index in [1.165, 1.54) is 0 Å². The average molecular weight is 312 g/mol. The van der Waals surface area contributed by atoms with Crippen LogP contribution < -0.4 is 11.1 Å². The van der Waals surface area contributed by atoms with Gasteiger partial charge in [-0.15, -0.1) is 0 Å². The van der Waals surface area contributed by atoms with Gasteiger partial charge in [-0.25, -0.2) is 4.79 Å². The molecule has 0 aromatic heterocycles. The third kappa shape index (κ3) is 4.57. The lowest BCUT2D eigenvalue weighted by Gasteiger charge is -2.18. The quantitative estimate of drug-likeness (QED) is 0.633. The van der Waals surface area contributed by atoms with Crippen molar-refractivity contribution in [3.8, 4) is 0 Å². The predicted octanol–water partition coefficient (Wildman–Crippen LogP) is 2.17. The van der Waals surface area contributed by atoms with Crippen molar-refractivity contribution >= 4 is 17.6 Å². The van der Waals surface area contributed by atoms with Gasteiger partial charge in [-0.1, -0.05) is 42.5 Å². The van der Waals surface area contributed by atoms with Crippen LogP contribution in [0.3, 0.4) is 0 Å². The minimum Gasteiger partial charge on any atom is -0.464 e. The van der Waals surface area contributed by atoms with E-state index in [-0.39, 0.29) is 6.61 Å². The molecule has 0 heterocycles. The number of hydrogen-bond acceptors (Lipinski definition) is 4. The van der Waals surface area contributed by atoms with Crippen molar-refractivity contribution in [3.05, 3.63) is 65.7 Å². The van der Waals surface area contributed by atoms with Crippen LogP contribution in [-0.2, 0) is 16.0 Å². The molecule has 2 aromatic rings. The number of nitrogens with two attached hydrogens (primary N) is 1.